The third-order valence-corrected chi connectivity index (χ3v) is 3.15. The van der Waals surface area contributed by atoms with E-state index in [0.717, 1.165) is 11.3 Å². The highest BCUT2D eigenvalue weighted by molar-refractivity contribution is 7.84. The highest BCUT2D eigenvalue weighted by atomic mass is 32.2. The fourth-order valence-electron chi connectivity index (χ4n) is 1.62. The van der Waals surface area contributed by atoms with E-state index < -0.39 is 10.8 Å². The van der Waals surface area contributed by atoms with E-state index in [0.29, 0.717) is 12.4 Å². The number of para-hydroxylation sites is 1. The van der Waals surface area contributed by atoms with Gasteiger partial charge in [-0.25, -0.2) is 0 Å². The zero-order valence-electron chi connectivity index (χ0n) is 10.0. The zero-order valence-corrected chi connectivity index (χ0v) is 10.8. The molecule has 1 aromatic carbocycles. The molecular formula is C12H19NO2S. The largest absolute Gasteiger partial charge is 0.494 e. The molecule has 3 nitrogen and oxygen atoms in total. The molecule has 0 radical (unpaired) electrons. The Balaban J connectivity index is 2.94. The lowest BCUT2D eigenvalue weighted by atomic mass is 10.1. The Bertz CT molecular complexity index is 355. The van der Waals surface area contributed by atoms with Crippen LogP contribution in [0.4, 0.5) is 0 Å². The molecule has 0 aliphatic carbocycles. The van der Waals surface area contributed by atoms with Crippen LogP contribution in [0, 0.1) is 0 Å². The molecule has 2 unspecified atom stereocenters. The molecule has 0 heterocycles. The molecule has 2 atom stereocenters. The van der Waals surface area contributed by atoms with Gasteiger partial charge in [0.1, 0.15) is 5.75 Å². The van der Waals surface area contributed by atoms with E-state index in [1.54, 1.807) is 6.26 Å². The third kappa shape index (κ3) is 3.61. The van der Waals surface area contributed by atoms with Gasteiger partial charge in [0.2, 0.25) is 0 Å². The van der Waals surface area contributed by atoms with Crippen molar-refractivity contribution in [2.75, 3.05) is 25.7 Å². The summed E-state index contributed by atoms with van der Waals surface area (Å²) in [6.07, 6.45) is 1.72. The lowest BCUT2D eigenvalue weighted by Gasteiger charge is -2.18. The Morgan fingerprint density at radius 2 is 2.12 bits per heavy atom. The topological polar surface area (TPSA) is 38.3 Å². The van der Waals surface area contributed by atoms with Crippen LogP contribution >= 0.6 is 0 Å². The van der Waals surface area contributed by atoms with Crippen LogP contribution in [-0.4, -0.2) is 29.9 Å². The fourth-order valence-corrected chi connectivity index (χ4v) is 2.43. The second-order valence-electron chi connectivity index (χ2n) is 3.55. The summed E-state index contributed by atoms with van der Waals surface area (Å²) in [7, 11) is 1.05. The summed E-state index contributed by atoms with van der Waals surface area (Å²) in [5.74, 6) is 1.47. The van der Waals surface area contributed by atoms with Crippen molar-refractivity contribution in [1.82, 2.24) is 5.32 Å². The monoisotopic (exact) mass is 241 g/mol. The van der Waals surface area contributed by atoms with E-state index in [9.17, 15) is 4.21 Å². The zero-order chi connectivity index (χ0) is 12.0. The average Bonchev–Trinajstić information content (AvgIpc) is 2.27. The van der Waals surface area contributed by atoms with E-state index >= 15 is 0 Å². The maximum absolute atomic E-state index is 11.3. The summed E-state index contributed by atoms with van der Waals surface area (Å²) in [4.78, 5) is 0. The van der Waals surface area contributed by atoms with E-state index in [2.05, 4.69) is 5.32 Å². The normalized spacial score (nSPS) is 14.4. The molecule has 16 heavy (non-hydrogen) atoms. The van der Waals surface area contributed by atoms with Gasteiger partial charge in [0, 0.05) is 34.4 Å². The number of rotatable bonds is 6. The molecule has 0 fully saturated rings. The first-order chi connectivity index (χ1) is 7.69. The molecule has 1 rings (SSSR count). The number of nitrogens with one attached hydrogen (secondary N) is 1. The molecule has 0 bridgehead atoms. The van der Waals surface area contributed by atoms with E-state index in [1.807, 2.05) is 38.2 Å². The van der Waals surface area contributed by atoms with Gasteiger partial charge >= 0.3 is 0 Å². The minimum Gasteiger partial charge on any atom is -0.494 e. The van der Waals surface area contributed by atoms with Crippen molar-refractivity contribution in [3.8, 4) is 5.75 Å². The van der Waals surface area contributed by atoms with Crippen molar-refractivity contribution in [2.45, 2.75) is 13.0 Å². The van der Waals surface area contributed by atoms with E-state index in [-0.39, 0.29) is 6.04 Å². The molecular weight excluding hydrogens is 222 g/mol. The van der Waals surface area contributed by atoms with Gasteiger partial charge in [0.05, 0.1) is 6.61 Å². The molecule has 0 aliphatic rings. The Hall–Kier alpha value is -0.870. The van der Waals surface area contributed by atoms with Crippen molar-refractivity contribution in [3.63, 3.8) is 0 Å². The van der Waals surface area contributed by atoms with Crippen molar-refractivity contribution in [3.05, 3.63) is 29.8 Å². The average molecular weight is 241 g/mol. The highest BCUT2D eigenvalue weighted by Gasteiger charge is 2.15. The van der Waals surface area contributed by atoms with Gasteiger partial charge in [0.15, 0.2) is 0 Å². The van der Waals surface area contributed by atoms with Gasteiger partial charge in [-0.3, -0.25) is 4.21 Å². The highest BCUT2D eigenvalue weighted by Crippen LogP contribution is 2.25. The summed E-state index contributed by atoms with van der Waals surface area (Å²) >= 11 is 0. The van der Waals surface area contributed by atoms with Crippen LogP contribution in [0.2, 0.25) is 0 Å². The van der Waals surface area contributed by atoms with Crippen molar-refractivity contribution < 1.29 is 8.95 Å². The molecule has 0 amide bonds. The fraction of sp³-hybridized carbons (Fsp3) is 0.500. The second kappa shape index (κ2) is 6.66. The summed E-state index contributed by atoms with van der Waals surface area (Å²) in [6.45, 7) is 2.60. The van der Waals surface area contributed by atoms with Crippen molar-refractivity contribution in [1.29, 1.82) is 0 Å². The maximum atomic E-state index is 11.3. The first kappa shape index (κ1) is 13.2. The molecule has 0 aromatic heterocycles. The lowest BCUT2D eigenvalue weighted by molar-refractivity contribution is 0.333. The molecule has 0 saturated heterocycles. The van der Waals surface area contributed by atoms with Crippen molar-refractivity contribution >= 4 is 10.8 Å². The minimum atomic E-state index is -0.826. The standard InChI is InChI=1S/C12H19NO2S/c1-4-15-12-8-6-5-7-10(12)11(13-2)9-16(3)14/h5-8,11,13H,4,9H2,1-3H3. The van der Waals surface area contributed by atoms with E-state index in [4.69, 9.17) is 4.74 Å². The molecule has 0 saturated carbocycles. The second-order valence-corrected chi connectivity index (χ2v) is 5.03. The summed E-state index contributed by atoms with van der Waals surface area (Å²) in [5, 5.41) is 3.18. The Morgan fingerprint density at radius 1 is 1.44 bits per heavy atom. The summed E-state index contributed by atoms with van der Waals surface area (Å²) < 4.78 is 16.8. The molecule has 90 valence electrons. The Labute approximate surface area is 99.7 Å². The third-order valence-electron chi connectivity index (χ3n) is 2.34. The van der Waals surface area contributed by atoms with Crippen LogP contribution in [0.5, 0.6) is 5.75 Å². The van der Waals surface area contributed by atoms with Gasteiger partial charge in [-0.15, -0.1) is 0 Å². The molecule has 1 aromatic rings. The SMILES string of the molecule is CCOc1ccccc1C(CS(C)=O)NC. The molecule has 1 N–H and O–H groups in total. The molecule has 0 spiro atoms. The van der Waals surface area contributed by atoms with Crippen LogP contribution in [0.25, 0.3) is 0 Å². The number of hydrogen-bond donors (Lipinski definition) is 1. The number of hydrogen-bond acceptors (Lipinski definition) is 3. The summed E-state index contributed by atoms with van der Waals surface area (Å²) in [5.41, 5.74) is 1.07. The van der Waals surface area contributed by atoms with Gasteiger partial charge in [0.25, 0.3) is 0 Å². The number of ether oxygens (including phenoxy) is 1. The van der Waals surface area contributed by atoms with Gasteiger partial charge in [-0.2, -0.15) is 0 Å². The van der Waals surface area contributed by atoms with Crippen LogP contribution in [-0.2, 0) is 10.8 Å². The van der Waals surface area contributed by atoms with Crippen LogP contribution < -0.4 is 10.1 Å². The van der Waals surface area contributed by atoms with Crippen LogP contribution in [0.3, 0.4) is 0 Å². The first-order valence-electron chi connectivity index (χ1n) is 5.38. The quantitative estimate of drug-likeness (QED) is 0.824. The smallest absolute Gasteiger partial charge is 0.124 e. The van der Waals surface area contributed by atoms with Gasteiger partial charge in [-0.05, 0) is 20.0 Å². The molecule has 4 heteroatoms. The molecule has 0 aliphatic heterocycles. The Kier molecular flexibility index (Phi) is 5.49. The van der Waals surface area contributed by atoms with Crippen LogP contribution in [0.1, 0.15) is 18.5 Å². The van der Waals surface area contributed by atoms with Crippen LogP contribution in [0.15, 0.2) is 24.3 Å². The minimum absolute atomic E-state index is 0.0774. The predicted octanol–water partition coefficient (Wildman–Crippen LogP) is 1.72. The Morgan fingerprint density at radius 3 is 2.69 bits per heavy atom. The summed E-state index contributed by atoms with van der Waals surface area (Å²) in [6, 6.07) is 7.96. The van der Waals surface area contributed by atoms with Gasteiger partial charge in [-0.1, -0.05) is 18.2 Å². The number of benzene rings is 1. The predicted molar refractivity (Wildman–Crippen MR) is 68.3 cm³/mol. The van der Waals surface area contributed by atoms with E-state index in [1.165, 1.54) is 0 Å². The first-order valence-corrected chi connectivity index (χ1v) is 7.10. The van der Waals surface area contributed by atoms with Crippen molar-refractivity contribution in [2.24, 2.45) is 0 Å². The maximum Gasteiger partial charge on any atom is 0.124 e. The lowest BCUT2D eigenvalue weighted by Crippen LogP contribution is -2.23. The van der Waals surface area contributed by atoms with Gasteiger partial charge < -0.3 is 10.1 Å².